The van der Waals surface area contributed by atoms with Crippen molar-refractivity contribution in [1.29, 1.82) is 0 Å². The van der Waals surface area contributed by atoms with Crippen molar-refractivity contribution < 1.29 is 4.42 Å². The Kier molecular flexibility index (Phi) is 2.50. The van der Waals surface area contributed by atoms with E-state index in [4.69, 9.17) is 4.42 Å². The summed E-state index contributed by atoms with van der Waals surface area (Å²) in [6, 6.07) is 26.1. The zero-order valence-electron chi connectivity index (χ0n) is 14.2. The topological polar surface area (TPSA) is 17.6 Å². The second kappa shape index (κ2) is 4.73. The van der Waals surface area contributed by atoms with Gasteiger partial charge in [0.25, 0.3) is 0 Å². The minimum atomic E-state index is 0.948. The predicted octanol–water partition coefficient (Wildman–Crippen LogP) is 7.34. The van der Waals surface area contributed by atoms with Crippen molar-refractivity contribution in [1.82, 2.24) is 4.40 Å². The molecule has 27 heavy (non-hydrogen) atoms. The Balaban J connectivity index is 1.85. The molecule has 0 aliphatic rings. The summed E-state index contributed by atoms with van der Waals surface area (Å²) in [7, 11) is 0. The minimum Gasteiger partial charge on any atom is -0.455 e. The van der Waals surface area contributed by atoms with Crippen LogP contribution in [-0.4, -0.2) is 4.40 Å². The van der Waals surface area contributed by atoms with Crippen LogP contribution in [0.3, 0.4) is 0 Å². The maximum absolute atomic E-state index is 6.34. The number of hydrogen-bond donors (Lipinski definition) is 0. The maximum Gasteiger partial charge on any atom is 0.145 e. The van der Waals surface area contributed by atoms with E-state index in [1.165, 1.54) is 52.4 Å². The smallest absolute Gasteiger partial charge is 0.145 e. The summed E-state index contributed by atoms with van der Waals surface area (Å²) in [5, 5.41) is 7.46. The highest BCUT2D eigenvalue weighted by Crippen LogP contribution is 2.43. The van der Waals surface area contributed by atoms with E-state index < -0.39 is 0 Å². The molecule has 2 nitrogen and oxygen atoms in total. The molecule has 126 valence electrons. The first kappa shape index (κ1) is 14.3. The molecule has 3 heteroatoms. The zero-order valence-corrected chi connectivity index (χ0v) is 16.3. The fourth-order valence-electron chi connectivity index (χ4n) is 4.72. The number of benzene rings is 4. The van der Waals surface area contributed by atoms with Gasteiger partial charge in [0.15, 0.2) is 0 Å². The molecular weight excluding hydrogens is 445 g/mol. The lowest BCUT2D eigenvalue weighted by molar-refractivity contribution is 0.673. The molecule has 0 amide bonds. The predicted molar refractivity (Wildman–Crippen MR) is 121 cm³/mol. The lowest BCUT2D eigenvalue weighted by atomic mass is 10.1. The first-order valence-electron chi connectivity index (χ1n) is 8.99. The van der Waals surface area contributed by atoms with E-state index >= 15 is 0 Å². The fraction of sp³-hybridized carbons (Fsp3) is 0. The molecule has 3 aromatic heterocycles. The Bertz CT molecular complexity index is 1690. The van der Waals surface area contributed by atoms with Gasteiger partial charge in [-0.15, -0.1) is 0 Å². The Morgan fingerprint density at radius 2 is 1.48 bits per heavy atom. The van der Waals surface area contributed by atoms with Crippen LogP contribution in [0.2, 0.25) is 0 Å². The van der Waals surface area contributed by atoms with Gasteiger partial charge in [-0.1, -0.05) is 36.4 Å². The molecule has 0 unspecified atom stereocenters. The van der Waals surface area contributed by atoms with E-state index in [1.807, 2.05) is 6.07 Å². The van der Waals surface area contributed by atoms with Gasteiger partial charge in [-0.3, -0.25) is 0 Å². The number of halogens is 1. The van der Waals surface area contributed by atoms with Gasteiger partial charge in [0.2, 0.25) is 0 Å². The molecule has 0 aliphatic carbocycles. The molecule has 0 spiro atoms. The van der Waals surface area contributed by atoms with E-state index in [9.17, 15) is 0 Å². The highest BCUT2D eigenvalue weighted by Gasteiger charge is 2.20. The van der Waals surface area contributed by atoms with Gasteiger partial charge in [-0.05, 0) is 59.0 Å². The molecule has 0 saturated carbocycles. The fourth-order valence-corrected chi connectivity index (χ4v) is 5.21. The quantitative estimate of drug-likeness (QED) is 0.218. The van der Waals surface area contributed by atoms with Crippen molar-refractivity contribution >= 4 is 82.6 Å². The molecule has 7 aromatic rings. The molecule has 0 bridgehead atoms. The monoisotopic (exact) mass is 457 g/mol. The van der Waals surface area contributed by atoms with Gasteiger partial charge in [0, 0.05) is 30.5 Å². The average Bonchev–Trinajstić information content (AvgIpc) is 3.33. The Hall–Kier alpha value is -2.79. The van der Waals surface area contributed by atoms with Crippen LogP contribution in [0.4, 0.5) is 0 Å². The number of aromatic nitrogens is 1. The summed E-state index contributed by atoms with van der Waals surface area (Å²) in [4.78, 5) is 0. The van der Waals surface area contributed by atoms with Crippen LogP contribution in [0.5, 0.6) is 0 Å². The number of hydrogen-bond acceptors (Lipinski definition) is 1. The molecular formula is C24H12INO. The first-order chi connectivity index (χ1) is 13.3. The van der Waals surface area contributed by atoms with Crippen molar-refractivity contribution in [3.8, 4) is 0 Å². The first-order valence-corrected chi connectivity index (χ1v) is 10.1. The number of fused-ring (bicyclic) bond motifs is 10. The second-order valence-electron chi connectivity index (χ2n) is 7.13. The van der Waals surface area contributed by atoms with Gasteiger partial charge >= 0.3 is 0 Å². The average molecular weight is 457 g/mol. The van der Waals surface area contributed by atoms with Crippen LogP contribution in [0.25, 0.3) is 60.0 Å². The normalized spacial score (nSPS) is 12.6. The SMILES string of the molecule is Ic1ccc2c(c1)c1cccc3c4c5oc6ccccc6c5ccc4n2c13. The number of para-hydroxylation sites is 2. The van der Waals surface area contributed by atoms with Gasteiger partial charge < -0.3 is 8.82 Å². The van der Waals surface area contributed by atoms with Crippen LogP contribution < -0.4 is 0 Å². The molecule has 3 heterocycles. The highest BCUT2D eigenvalue weighted by molar-refractivity contribution is 14.1. The number of furan rings is 1. The van der Waals surface area contributed by atoms with Gasteiger partial charge in [-0.25, -0.2) is 0 Å². The van der Waals surface area contributed by atoms with Gasteiger partial charge in [0.1, 0.15) is 11.2 Å². The molecule has 0 N–H and O–H groups in total. The van der Waals surface area contributed by atoms with Crippen LogP contribution in [0.15, 0.2) is 77.2 Å². The Morgan fingerprint density at radius 1 is 0.667 bits per heavy atom. The van der Waals surface area contributed by atoms with E-state index in [0.717, 1.165) is 11.2 Å². The lowest BCUT2D eigenvalue weighted by Gasteiger charge is -1.99. The van der Waals surface area contributed by atoms with Crippen molar-refractivity contribution in [3.63, 3.8) is 0 Å². The molecule has 7 rings (SSSR count). The molecule has 0 radical (unpaired) electrons. The Labute approximate surface area is 167 Å². The summed E-state index contributed by atoms with van der Waals surface area (Å²) < 4.78 is 10.0. The van der Waals surface area contributed by atoms with Crippen molar-refractivity contribution in [2.24, 2.45) is 0 Å². The largest absolute Gasteiger partial charge is 0.455 e. The summed E-state index contributed by atoms with van der Waals surface area (Å²) >= 11 is 2.39. The van der Waals surface area contributed by atoms with E-state index in [-0.39, 0.29) is 0 Å². The van der Waals surface area contributed by atoms with Gasteiger partial charge in [-0.2, -0.15) is 0 Å². The van der Waals surface area contributed by atoms with Crippen molar-refractivity contribution in [2.75, 3.05) is 0 Å². The van der Waals surface area contributed by atoms with E-state index in [2.05, 4.69) is 93.7 Å². The number of nitrogens with zero attached hydrogens (tertiary/aromatic N) is 1. The van der Waals surface area contributed by atoms with Crippen LogP contribution in [-0.2, 0) is 0 Å². The molecule has 0 fully saturated rings. The standard InChI is InChI=1S/C24H12INO/c25-13-8-10-19-18(12-13)15-5-3-6-17-22-20(26(19)23(15)17)11-9-16-14-4-1-2-7-21(14)27-24(16)22/h1-12H. The summed E-state index contributed by atoms with van der Waals surface area (Å²) in [6.45, 7) is 0. The molecule has 0 atom stereocenters. The molecule has 4 aromatic carbocycles. The summed E-state index contributed by atoms with van der Waals surface area (Å²) in [6.07, 6.45) is 0. The maximum atomic E-state index is 6.34. The third kappa shape index (κ3) is 1.62. The third-order valence-electron chi connectivity index (χ3n) is 5.78. The molecule has 0 saturated heterocycles. The van der Waals surface area contributed by atoms with Crippen LogP contribution >= 0.6 is 22.6 Å². The highest BCUT2D eigenvalue weighted by atomic mass is 127. The number of rotatable bonds is 0. The summed E-state index contributed by atoms with van der Waals surface area (Å²) in [5.74, 6) is 0. The molecule has 0 aliphatic heterocycles. The van der Waals surface area contributed by atoms with Gasteiger partial charge in [0.05, 0.1) is 21.9 Å². The second-order valence-corrected chi connectivity index (χ2v) is 8.38. The van der Waals surface area contributed by atoms with Crippen molar-refractivity contribution in [3.05, 3.63) is 76.4 Å². The van der Waals surface area contributed by atoms with Crippen LogP contribution in [0, 0.1) is 3.57 Å². The minimum absolute atomic E-state index is 0.948. The van der Waals surface area contributed by atoms with Crippen molar-refractivity contribution in [2.45, 2.75) is 0 Å². The van der Waals surface area contributed by atoms with Crippen LogP contribution in [0.1, 0.15) is 0 Å². The lowest BCUT2D eigenvalue weighted by Crippen LogP contribution is -1.80. The van der Waals surface area contributed by atoms with E-state index in [0.29, 0.717) is 0 Å². The summed E-state index contributed by atoms with van der Waals surface area (Å²) in [5.41, 5.74) is 5.70. The zero-order chi connectivity index (χ0) is 17.7. The van der Waals surface area contributed by atoms with E-state index in [1.54, 1.807) is 0 Å². The Morgan fingerprint density at radius 3 is 2.44 bits per heavy atom. The third-order valence-corrected chi connectivity index (χ3v) is 6.46.